The van der Waals surface area contributed by atoms with Crippen LogP contribution in [0.25, 0.3) is 0 Å². The largest absolute Gasteiger partial charge is 0.481 e. The van der Waals surface area contributed by atoms with E-state index in [0.29, 0.717) is 19.6 Å². The Kier molecular flexibility index (Phi) is 5.08. The molecule has 2 N–H and O–H groups in total. The van der Waals surface area contributed by atoms with Gasteiger partial charge in [0, 0.05) is 26.2 Å². The molecule has 2 saturated heterocycles. The lowest BCUT2D eigenvalue weighted by Gasteiger charge is -2.39. The first-order chi connectivity index (χ1) is 9.91. The van der Waals surface area contributed by atoms with Crippen LogP contribution in [0.5, 0.6) is 0 Å². The van der Waals surface area contributed by atoms with Crippen LogP contribution in [0.1, 0.15) is 39.5 Å². The number of rotatable bonds is 4. The Labute approximate surface area is 125 Å². The standard InChI is InChI=1S/C15H26N2O4/c1-15(2,13(18)19)11-5-3-7-17(10-11)14(20)16-9-12-6-4-8-21-12/h11-12H,3-10H2,1-2H3,(H,16,20)(H,18,19). The molecule has 120 valence electrons. The molecule has 0 aromatic heterocycles. The van der Waals surface area contributed by atoms with E-state index in [1.54, 1.807) is 18.7 Å². The van der Waals surface area contributed by atoms with Crippen molar-refractivity contribution in [3.05, 3.63) is 0 Å². The Morgan fingerprint density at radius 1 is 1.33 bits per heavy atom. The van der Waals surface area contributed by atoms with Crippen molar-refractivity contribution < 1.29 is 19.4 Å². The number of nitrogens with zero attached hydrogens (tertiary/aromatic N) is 1. The van der Waals surface area contributed by atoms with Crippen LogP contribution in [0.4, 0.5) is 4.79 Å². The van der Waals surface area contributed by atoms with Crippen molar-refractivity contribution in [3.63, 3.8) is 0 Å². The van der Waals surface area contributed by atoms with E-state index in [1.165, 1.54) is 0 Å². The van der Waals surface area contributed by atoms with Crippen LogP contribution in [0.15, 0.2) is 0 Å². The molecule has 6 heteroatoms. The van der Waals surface area contributed by atoms with Gasteiger partial charge in [0.25, 0.3) is 0 Å². The van der Waals surface area contributed by atoms with E-state index < -0.39 is 11.4 Å². The highest BCUT2D eigenvalue weighted by atomic mass is 16.5. The molecule has 6 nitrogen and oxygen atoms in total. The van der Waals surface area contributed by atoms with Gasteiger partial charge in [0.2, 0.25) is 0 Å². The summed E-state index contributed by atoms with van der Waals surface area (Å²) in [6.07, 6.45) is 3.89. The van der Waals surface area contributed by atoms with Gasteiger partial charge in [-0.15, -0.1) is 0 Å². The summed E-state index contributed by atoms with van der Waals surface area (Å²) in [6.45, 7) is 6.02. The van der Waals surface area contributed by atoms with Crippen LogP contribution in [0.2, 0.25) is 0 Å². The number of carbonyl (C=O) groups is 2. The second-order valence-electron chi connectivity index (χ2n) is 6.63. The Balaban J connectivity index is 1.85. The molecule has 0 saturated carbocycles. The van der Waals surface area contributed by atoms with Gasteiger partial charge in [-0.3, -0.25) is 4.79 Å². The molecule has 2 aliphatic heterocycles. The molecule has 0 radical (unpaired) electrons. The highest BCUT2D eigenvalue weighted by Gasteiger charge is 2.40. The topological polar surface area (TPSA) is 78.9 Å². The van der Waals surface area contributed by atoms with Crippen LogP contribution in [-0.4, -0.2) is 54.4 Å². The van der Waals surface area contributed by atoms with Gasteiger partial charge in [0.1, 0.15) is 0 Å². The Morgan fingerprint density at radius 3 is 2.71 bits per heavy atom. The average Bonchev–Trinajstić information content (AvgIpc) is 2.98. The molecule has 0 aromatic rings. The number of piperidine rings is 1. The van der Waals surface area contributed by atoms with Crippen molar-refractivity contribution in [3.8, 4) is 0 Å². The van der Waals surface area contributed by atoms with Crippen LogP contribution >= 0.6 is 0 Å². The fraction of sp³-hybridized carbons (Fsp3) is 0.867. The summed E-state index contributed by atoms with van der Waals surface area (Å²) in [6, 6.07) is -0.101. The van der Waals surface area contributed by atoms with Crippen molar-refractivity contribution in [1.82, 2.24) is 10.2 Å². The molecule has 2 unspecified atom stereocenters. The normalized spacial score (nSPS) is 26.7. The minimum absolute atomic E-state index is 0.00256. The average molecular weight is 298 g/mol. The van der Waals surface area contributed by atoms with E-state index in [-0.39, 0.29) is 18.1 Å². The second-order valence-corrected chi connectivity index (χ2v) is 6.63. The Morgan fingerprint density at radius 2 is 2.10 bits per heavy atom. The van der Waals surface area contributed by atoms with Gasteiger partial charge in [0.15, 0.2) is 0 Å². The lowest BCUT2D eigenvalue weighted by molar-refractivity contribution is -0.151. The van der Waals surface area contributed by atoms with Crippen LogP contribution in [0.3, 0.4) is 0 Å². The lowest BCUT2D eigenvalue weighted by atomic mass is 9.74. The minimum Gasteiger partial charge on any atom is -0.481 e. The SMILES string of the molecule is CC(C)(C(=O)O)C1CCCN(C(=O)NCC2CCCO2)C1. The molecule has 0 bridgehead atoms. The number of amides is 2. The number of carboxylic acids is 1. The number of carbonyl (C=O) groups excluding carboxylic acids is 1. The van der Waals surface area contributed by atoms with Gasteiger partial charge in [-0.25, -0.2) is 4.79 Å². The zero-order chi connectivity index (χ0) is 15.5. The molecule has 2 rings (SSSR count). The number of aliphatic carboxylic acids is 1. The minimum atomic E-state index is -0.798. The summed E-state index contributed by atoms with van der Waals surface area (Å²) in [4.78, 5) is 25.3. The third-order valence-corrected chi connectivity index (χ3v) is 4.79. The van der Waals surface area contributed by atoms with Crippen molar-refractivity contribution in [2.24, 2.45) is 11.3 Å². The number of nitrogens with one attached hydrogen (secondary N) is 1. The fourth-order valence-electron chi connectivity index (χ4n) is 3.04. The van der Waals surface area contributed by atoms with Crippen LogP contribution < -0.4 is 5.32 Å². The third kappa shape index (κ3) is 3.87. The molecular weight excluding hydrogens is 272 g/mol. The summed E-state index contributed by atoms with van der Waals surface area (Å²) < 4.78 is 5.49. The predicted octanol–water partition coefficient (Wildman–Crippen LogP) is 1.70. The van der Waals surface area contributed by atoms with E-state index in [0.717, 1.165) is 32.3 Å². The van der Waals surface area contributed by atoms with Crippen molar-refractivity contribution in [2.75, 3.05) is 26.2 Å². The molecule has 2 heterocycles. The van der Waals surface area contributed by atoms with Gasteiger partial charge < -0.3 is 20.1 Å². The molecule has 0 spiro atoms. The van der Waals surface area contributed by atoms with Crippen LogP contribution in [-0.2, 0) is 9.53 Å². The smallest absolute Gasteiger partial charge is 0.317 e. The highest BCUT2D eigenvalue weighted by Crippen LogP contribution is 2.34. The third-order valence-electron chi connectivity index (χ3n) is 4.79. The Hall–Kier alpha value is -1.30. The van der Waals surface area contributed by atoms with Gasteiger partial charge in [-0.05, 0) is 45.4 Å². The van der Waals surface area contributed by atoms with Gasteiger partial charge in [0.05, 0.1) is 11.5 Å². The number of ether oxygens (including phenoxy) is 1. The second kappa shape index (κ2) is 6.64. The molecule has 0 aliphatic carbocycles. The van der Waals surface area contributed by atoms with E-state index in [1.807, 2.05) is 0 Å². The first-order valence-electron chi connectivity index (χ1n) is 7.79. The van der Waals surface area contributed by atoms with Gasteiger partial charge in [-0.2, -0.15) is 0 Å². The number of hydrogen-bond acceptors (Lipinski definition) is 3. The Bertz CT molecular complexity index is 391. The fourth-order valence-corrected chi connectivity index (χ4v) is 3.04. The molecule has 0 aromatic carbocycles. The number of urea groups is 1. The molecule has 21 heavy (non-hydrogen) atoms. The van der Waals surface area contributed by atoms with Crippen LogP contribution in [0, 0.1) is 11.3 Å². The maximum Gasteiger partial charge on any atom is 0.317 e. The highest BCUT2D eigenvalue weighted by molar-refractivity contribution is 5.76. The monoisotopic (exact) mass is 298 g/mol. The summed E-state index contributed by atoms with van der Waals surface area (Å²) in [5.74, 6) is -0.800. The quantitative estimate of drug-likeness (QED) is 0.828. The maximum absolute atomic E-state index is 12.2. The molecular formula is C15H26N2O4. The number of hydrogen-bond donors (Lipinski definition) is 2. The van der Waals surface area contributed by atoms with E-state index in [2.05, 4.69) is 5.32 Å². The summed E-state index contributed by atoms with van der Waals surface area (Å²) in [5, 5.41) is 12.2. The van der Waals surface area contributed by atoms with Gasteiger partial charge in [-0.1, -0.05) is 0 Å². The number of likely N-dealkylation sites (tertiary alicyclic amines) is 1. The number of carboxylic acid groups (broad SMARTS) is 1. The summed E-state index contributed by atoms with van der Waals surface area (Å²) in [7, 11) is 0. The van der Waals surface area contributed by atoms with Gasteiger partial charge >= 0.3 is 12.0 Å². The zero-order valence-corrected chi connectivity index (χ0v) is 12.9. The first kappa shape index (κ1) is 16.1. The molecule has 2 aliphatic rings. The zero-order valence-electron chi connectivity index (χ0n) is 12.9. The molecule has 2 amide bonds. The van der Waals surface area contributed by atoms with Crippen molar-refractivity contribution >= 4 is 12.0 Å². The van der Waals surface area contributed by atoms with E-state index in [4.69, 9.17) is 4.74 Å². The molecule has 2 fully saturated rings. The lowest BCUT2D eigenvalue weighted by Crippen LogP contribution is -2.50. The summed E-state index contributed by atoms with van der Waals surface area (Å²) >= 11 is 0. The first-order valence-corrected chi connectivity index (χ1v) is 7.79. The summed E-state index contributed by atoms with van der Waals surface area (Å²) in [5.41, 5.74) is -0.798. The van der Waals surface area contributed by atoms with E-state index in [9.17, 15) is 14.7 Å². The van der Waals surface area contributed by atoms with Crippen molar-refractivity contribution in [1.29, 1.82) is 0 Å². The maximum atomic E-state index is 12.2. The van der Waals surface area contributed by atoms with E-state index >= 15 is 0 Å². The predicted molar refractivity (Wildman–Crippen MR) is 78.1 cm³/mol. The molecule has 2 atom stereocenters. The van der Waals surface area contributed by atoms with Crippen molar-refractivity contribution in [2.45, 2.75) is 45.6 Å².